The topological polar surface area (TPSA) is 51.0 Å². The van der Waals surface area contributed by atoms with Crippen LogP contribution in [0.3, 0.4) is 0 Å². The predicted octanol–water partition coefficient (Wildman–Crippen LogP) is 1.99. The zero-order valence-electron chi connectivity index (χ0n) is 14.1. The van der Waals surface area contributed by atoms with Crippen LogP contribution in [0.5, 0.6) is 11.5 Å². The summed E-state index contributed by atoms with van der Waals surface area (Å²) < 4.78 is 11.8. The third-order valence-electron chi connectivity index (χ3n) is 4.91. The Morgan fingerprint density at radius 1 is 1.26 bits per heavy atom. The van der Waals surface area contributed by atoms with Crippen molar-refractivity contribution in [2.24, 2.45) is 11.7 Å². The number of hydrogen-bond donors (Lipinski definition) is 1. The summed E-state index contributed by atoms with van der Waals surface area (Å²) in [7, 11) is 5.89. The highest BCUT2D eigenvalue weighted by atomic mass is 35.5. The van der Waals surface area contributed by atoms with Crippen molar-refractivity contribution in [3.8, 4) is 11.5 Å². The fourth-order valence-electron chi connectivity index (χ4n) is 3.64. The van der Waals surface area contributed by atoms with Crippen molar-refractivity contribution < 1.29 is 9.47 Å². The van der Waals surface area contributed by atoms with Crippen molar-refractivity contribution in [3.63, 3.8) is 0 Å². The number of likely N-dealkylation sites (N-methyl/N-ethyl adjacent to an activating group) is 1. The quantitative estimate of drug-likeness (QED) is 0.889. The van der Waals surface area contributed by atoms with Gasteiger partial charge < -0.3 is 15.2 Å². The Balaban J connectivity index is 1.92. The lowest BCUT2D eigenvalue weighted by atomic mass is 9.98. The smallest absolute Gasteiger partial charge is 0.166 e. The van der Waals surface area contributed by atoms with Gasteiger partial charge in [-0.1, -0.05) is 11.6 Å². The summed E-state index contributed by atoms with van der Waals surface area (Å²) in [6.45, 7) is 3.60. The lowest BCUT2D eigenvalue weighted by molar-refractivity contribution is 0.0354. The summed E-state index contributed by atoms with van der Waals surface area (Å²) in [6, 6.07) is 4.11. The first-order chi connectivity index (χ1) is 11.0. The molecule has 0 aliphatic carbocycles. The molecule has 0 aromatic heterocycles. The molecule has 2 saturated heterocycles. The van der Waals surface area contributed by atoms with Crippen LogP contribution in [0.25, 0.3) is 0 Å². The third kappa shape index (κ3) is 3.43. The number of hydrogen-bond acceptors (Lipinski definition) is 5. The van der Waals surface area contributed by atoms with Gasteiger partial charge in [-0.05, 0) is 39.0 Å². The number of nitrogens with two attached hydrogens (primary N) is 1. The Kier molecular flexibility index (Phi) is 5.01. The number of nitrogens with zero attached hydrogens (tertiary/aromatic N) is 2. The molecule has 2 aliphatic rings. The molecule has 2 heterocycles. The summed E-state index contributed by atoms with van der Waals surface area (Å²) >= 11 is 6.32. The predicted molar refractivity (Wildman–Crippen MR) is 92.4 cm³/mol. The zero-order chi connectivity index (χ0) is 16.6. The van der Waals surface area contributed by atoms with Crippen LogP contribution in [-0.2, 0) is 0 Å². The summed E-state index contributed by atoms with van der Waals surface area (Å²) in [4.78, 5) is 4.57. The van der Waals surface area contributed by atoms with Gasteiger partial charge in [0.15, 0.2) is 11.5 Å². The molecule has 128 valence electrons. The second-order valence-corrected chi connectivity index (χ2v) is 7.22. The molecule has 3 rings (SSSR count). The van der Waals surface area contributed by atoms with Gasteiger partial charge >= 0.3 is 0 Å². The molecule has 2 aliphatic heterocycles. The molecule has 0 amide bonds. The van der Waals surface area contributed by atoms with Crippen molar-refractivity contribution in [1.82, 2.24) is 9.80 Å². The number of ether oxygens (including phenoxy) is 2. The molecule has 23 heavy (non-hydrogen) atoms. The Morgan fingerprint density at radius 3 is 2.57 bits per heavy atom. The van der Waals surface area contributed by atoms with Gasteiger partial charge in [0.05, 0.1) is 7.11 Å². The molecule has 1 aromatic rings. The normalized spacial score (nSPS) is 26.3. The molecular formula is C17H26ClN3O2. The molecular weight excluding hydrogens is 314 g/mol. The maximum absolute atomic E-state index is 6.32. The zero-order valence-corrected chi connectivity index (χ0v) is 14.8. The maximum Gasteiger partial charge on any atom is 0.166 e. The number of benzene rings is 1. The first kappa shape index (κ1) is 16.8. The lowest BCUT2D eigenvalue weighted by Gasteiger charge is -2.37. The molecule has 5 nitrogen and oxygen atoms in total. The van der Waals surface area contributed by atoms with Crippen LogP contribution in [0.15, 0.2) is 12.1 Å². The van der Waals surface area contributed by atoms with E-state index in [1.807, 2.05) is 12.1 Å². The first-order valence-corrected chi connectivity index (χ1v) is 8.52. The van der Waals surface area contributed by atoms with E-state index in [9.17, 15) is 0 Å². The average Bonchev–Trinajstić information content (AvgIpc) is 2.87. The van der Waals surface area contributed by atoms with E-state index < -0.39 is 0 Å². The van der Waals surface area contributed by atoms with E-state index in [2.05, 4.69) is 23.9 Å². The molecule has 0 bridgehead atoms. The average molecular weight is 340 g/mol. The Hall–Kier alpha value is -1.01. The fraction of sp³-hybridized carbons (Fsp3) is 0.647. The van der Waals surface area contributed by atoms with Crippen LogP contribution < -0.4 is 15.2 Å². The summed E-state index contributed by atoms with van der Waals surface area (Å²) in [5.74, 6) is 2.06. The highest BCUT2D eigenvalue weighted by Gasteiger charge is 2.34. The van der Waals surface area contributed by atoms with E-state index in [4.69, 9.17) is 26.8 Å². The summed E-state index contributed by atoms with van der Waals surface area (Å²) in [6.07, 6.45) is 1.24. The molecule has 6 heteroatoms. The highest BCUT2D eigenvalue weighted by molar-refractivity contribution is 6.30. The maximum atomic E-state index is 6.32. The van der Waals surface area contributed by atoms with E-state index in [0.29, 0.717) is 23.2 Å². The highest BCUT2D eigenvalue weighted by Crippen LogP contribution is 2.44. The Morgan fingerprint density at radius 2 is 2.00 bits per heavy atom. The van der Waals surface area contributed by atoms with Gasteiger partial charge in [0, 0.05) is 42.3 Å². The summed E-state index contributed by atoms with van der Waals surface area (Å²) in [5.41, 5.74) is 6.99. The lowest BCUT2D eigenvalue weighted by Crippen LogP contribution is -2.51. The van der Waals surface area contributed by atoms with Gasteiger partial charge in [-0.15, -0.1) is 0 Å². The standard InChI is InChI=1S/C17H26ClN3O2/c1-20-9-13(10-20)23-17-14(5-12(18)6-16(17)22-3)15-4-11(7-19)8-21(15)2/h5-6,11,13,15H,4,7-10,19H2,1-3H3. The second-order valence-electron chi connectivity index (χ2n) is 6.78. The molecule has 1 aromatic carbocycles. The first-order valence-electron chi connectivity index (χ1n) is 8.14. The van der Waals surface area contributed by atoms with Crippen LogP contribution in [-0.4, -0.2) is 63.3 Å². The molecule has 0 spiro atoms. The van der Waals surface area contributed by atoms with Crippen LogP contribution in [0, 0.1) is 5.92 Å². The van der Waals surface area contributed by atoms with E-state index in [1.54, 1.807) is 7.11 Å². The van der Waals surface area contributed by atoms with Gasteiger partial charge in [0.2, 0.25) is 0 Å². The minimum atomic E-state index is 0.214. The van der Waals surface area contributed by atoms with Crippen molar-refractivity contribution >= 4 is 11.6 Å². The molecule has 2 N–H and O–H groups in total. The van der Waals surface area contributed by atoms with Crippen molar-refractivity contribution in [1.29, 1.82) is 0 Å². The number of likely N-dealkylation sites (tertiary alicyclic amines) is 2. The van der Waals surface area contributed by atoms with Crippen LogP contribution >= 0.6 is 11.6 Å². The van der Waals surface area contributed by atoms with Gasteiger partial charge in [-0.3, -0.25) is 9.80 Å². The van der Waals surface area contributed by atoms with E-state index in [-0.39, 0.29) is 12.1 Å². The minimum absolute atomic E-state index is 0.214. The minimum Gasteiger partial charge on any atom is -0.493 e. The van der Waals surface area contributed by atoms with Crippen molar-refractivity contribution in [3.05, 3.63) is 22.7 Å². The van der Waals surface area contributed by atoms with Crippen molar-refractivity contribution in [2.45, 2.75) is 18.6 Å². The van der Waals surface area contributed by atoms with Gasteiger partial charge in [0.25, 0.3) is 0 Å². The molecule has 2 atom stereocenters. The van der Waals surface area contributed by atoms with E-state index >= 15 is 0 Å². The molecule has 0 saturated carbocycles. The Bertz CT molecular complexity index is 563. The monoisotopic (exact) mass is 339 g/mol. The molecule has 2 unspecified atom stereocenters. The van der Waals surface area contributed by atoms with Gasteiger partial charge in [-0.25, -0.2) is 0 Å². The van der Waals surface area contributed by atoms with Crippen molar-refractivity contribution in [2.75, 3.05) is 47.4 Å². The van der Waals surface area contributed by atoms with Gasteiger partial charge in [-0.2, -0.15) is 0 Å². The molecule has 2 fully saturated rings. The van der Waals surface area contributed by atoms with Crippen LogP contribution in [0.2, 0.25) is 5.02 Å². The fourth-order valence-corrected chi connectivity index (χ4v) is 3.85. The van der Waals surface area contributed by atoms with E-state index in [0.717, 1.165) is 37.4 Å². The number of halogens is 1. The Labute approximate surface area is 143 Å². The SMILES string of the molecule is COc1cc(Cl)cc(C2CC(CN)CN2C)c1OC1CN(C)C1. The largest absolute Gasteiger partial charge is 0.493 e. The van der Waals surface area contributed by atoms with Crippen LogP contribution in [0.4, 0.5) is 0 Å². The number of methoxy groups -OCH3 is 1. The number of rotatable bonds is 5. The summed E-state index contributed by atoms with van der Waals surface area (Å²) in [5, 5.41) is 0.680. The molecule has 0 radical (unpaired) electrons. The van der Waals surface area contributed by atoms with Gasteiger partial charge in [0.1, 0.15) is 6.10 Å². The third-order valence-corrected chi connectivity index (χ3v) is 5.13. The second kappa shape index (κ2) is 6.85. The van der Waals surface area contributed by atoms with E-state index in [1.165, 1.54) is 0 Å². The van der Waals surface area contributed by atoms with Crippen LogP contribution in [0.1, 0.15) is 18.0 Å².